The van der Waals surface area contributed by atoms with Crippen LogP contribution in [0.25, 0.3) is 11.3 Å². The van der Waals surface area contributed by atoms with Crippen LogP contribution < -0.4 is 9.47 Å². The largest absolute Gasteiger partial charge is 0.486 e. The monoisotopic (exact) mass is 442 g/mol. The van der Waals surface area contributed by atoms with Gasteiger partial charge >= 0.3 is 6.18 Å². The number of ether oxygens (including phenoxy) is 2. The quantitative estimate of drug-likeness (QED) is 0.446. The van der Waals surface area contributed by atoms with Crippen LogP contribution >= 0.6 is 11.8 Å². The summed E-state index contributed by atoms with van der Waals surface area (Å²) in [5.41, 5.74) is 0.0234. The Morgan fingerprint density at radius 3 is 2.42 bits per heavy atom. The van der Waals surface area contributed by atoms with Gasteiger partial charge in [0.2, 0.25) is 0 Å². The third-order valence-electron chi connectivity index (χ3n) is 4.80. The Morgan fingerprint density at radius 1 is 1.03 bits per heavy atom. The fourth-order valence-corrected chi connectivity index (χ4v) is 4.30. The highest BCUT2D eigenvalue weighted by Gasteiger charge is 2.36. The van der Waals surface area contributed by atoms with Crippen LogP contribution in [0.15, 0.2) is 59.6 Å². The van der Waals surface area contributed by atoms with Crippen LogP contribution in [0, 0.1) is 11.3 Å². The molecular formula is C23H17F3N2O2S. The van der Waals surface area contributed by atoms with Gasteiger partial charge in [0.25, 0.3) is 0 Å². The van der Waals surface area contributed by atoms with Crippen LogP contribution in [0.5, 0.6) is 11.5 Å². The number of aromatic nitrogens is 1. The second-order valence-corrected chi connectivity index (χ2v) is 8.20. The maximum Gasteiger partial charge on any atom is 0.417 e. The van der Waals surface area contributed by atoms with Crippen LogP contribution in [0.4, 0.5) is 13.2 Å². The molecule has 2 aromatic carbocycles. The molecule has 158 valence electrons. The lowest BCUT2D eigenvalue weighted by Gasteiger charge is -2.20. The molecule has 0 saturated heterocycles. The van der Waals surface area contributed by atoms with E-state index in [1.165, 1.54) is 0 Å². The van der Waals surface area contributed by atoms with Crippen molar-refractivity contribution in [3.05, 3.63) is 71.3 Å². The predicted molar refractivity (Wildman–Crippen MR) is 111 cm³/mol. The Bertz CT molecular complexity index is 1140. The third-order valence-corrected chi connectivity index (χ3v) is 5.94. The normalized spacial score (nSPS) is 14.0. The van der Waals surface area contributed by atoms with Crippen molar-refractivity contribution in [2.75, 3.05) is 13.2 Å². The molecule has 0 saturated carbocycles. The minimum Gasteiger partial charge on any atom is -0.486 e. The summed E-state index contributed by atoms with van der Waals surface area (Å²) in [6.45, 7) is 2.64. The zero-order valence-electron chi connectivity index (χ0n) is 16.4. The number of nitrogens with zero attached hydrogens (tertiary/aromatic N) is 2. The van der Waals surface area contributed by atoms with Gasteiger partial charge in [0.15, 0.2) is 11.5 Å². The van der Waals surface area contributed by atoms with Gasteiger partial charge in [0, 0.05) is 10.8 Å². The predicted octanol–water partition coefficient (Wildman–Crippen LogP) is 6.26. The minimum absolute atomic E-state index is 0.0403. The van der Waals surface area contributed by atoms with Gasteiger partial charge in [0.05, 0.1) is 16.8 Å². The van der Waals surface area contributed by atoms with E-state index in [0.717, 1.165) is 23.4 Å². The molecule has 1 aromatic heterocycles. The summed E-state index contributed by atoms with van der Waals surface area (Å²) in [6.07, 6.45) is -4.69. The molecule has 8 heteroatoms. The van der Waals surface area contributed by atoms with Gasteiger partial charge in [-0.3, -0.25) is 0 Å². The lowest BCUT2D eigenvalue weighted by atomic mass is 10.0. The van der Waals surface area contributed by atoms with Crippen molar-refractivity contribution < 1.29 is 22.6 Å². The van der Waals surface area contributed by atoms with Gasteiger partial charge in [-0.15, -0.1) is 0 Å². The molecule has 0 amide bonds. The van der Waals surface area contributed by atoms with Crippen molar-refractivity contribution in [1.82, 2.24) is 4.98 Å². The smallest absolute Gasteiger partial charge is 0.417 e. The van der Waals surface area contributed by atoms with Crippen molar-refractivity contribution >= 4 is 11.8 Å². The molecule has 3 aromatic rings. The van der Waals surface area contributed by atoms with Gasteiger partial charge in [-0.2, -0.15) is 18.4 Å². The van der Waals surface area contributed by atoms with E-state index in [0.29, 0.717) is 30.3 Å². The summed E-state index contributed by atoms with van der Waals surface area (Å²) in [4.78, 5) is 4.45. The molecule has 0 fully saturated rings. The van der Waals surface area contributed by atoms with Crippen LogP contribution in [0.3, 0.4) is 0 Å². The molecule has 1 atom stereocenters. The third kappa shape index (κ3) is 4.47. The topological polar surface area (TPSA) is 55.1 Å². The molecule has 2 heterocycles. The lowest BCUT2D eigenvalue weighted by Crippen LogP contribution is -2.15. The van der Waals surface area contributed by atoms with E-state index in [4.69, 9.17) is 9.47 Å². The molecule has 0 radical (unpaired) electrons. The van der Waals surface area contributed by atoms with E-state index in [2.05, 4.69) is 4.98 Å². The first kappa shape index (κ1) is 21.1. The first-order valence-electron chi connectivity index (χ1n) is 9.51. The molecule has 0 N–H and O–H groups in total. The molecule has 4 nitrogen and oxygen atoms in total. The molecule has 4 rings (SSSR count). The summed E-state index contributed by atoms with van der Waals surface area (Å²) in [5.74, 6) is 0.988. The number of pyridine rings is 1. The van der Waals surface area contributed by atoms with Crippen molar-refractivity contribution in [3.8, 4) is 28.8 Å². The maximum absolute atomic E-state index is 13.8. The minimum atomic E-state index is -4.69. The Labute approximate surface area is 181 Å². The van der Waals surface area contributed by atoms with Crippen LogP contribution in [-0.2, 0) is 6.18 Å². The Balaban J connectivity index is 1.81. The summed E-state index contributed by atoms with van der Waals surface area (Å²) in [5, 5.41) is 9.37. The van der Waals surface area contributed by atoms with Gasteiger partial charge in [0.1, 0.15) is 24.3 Å². The number of fused-ring (bicyclic) bond motifs is 1. The fraction of sp³-hybridized carbons (Fsp3) is 0.217. The highest BCUT2D eigenvalue weighted by molar-refractivity contribution is 7.99. The summed E-state index contributed by atoms with van der Waals surface area (Å²) < 4.78 is 52.5. The van der Waals surface area contributed by atoms with E-state index in [9.17, 15) is 18.4 Å². The van der Waals surface area contributed by atoms with Crippen molar-refractivity contribution in [2.24, 2.45) is 0 Å². The highest BCUT2D eigenvalue weighted by Crippen LogP contribution is 2.43. The summed E-state index contributed by atoms with van der Waals surface area (Å²) in [6, 6.07) is 16.9. The first-order chi connectivity index (χ1) is 14.9. The second kappa shape index (κ2) is 8.52. The Hall–Kier alpha value is -3.18. The highest BCUT2D eigenvalue weighted by atomic mass is 32.2. The number of nitriles is 1. The number of thioether (sulfide) groups is 1. The van der Waals surface area contributed by atoms with Crippen LogP contribution in [0.2, 0.25) is 0 Å². The molecular weight excluding hydrogens is 425 g/mol. The van der Waals surface area contributed by atoms with Crippen LogP contribution in [-0.4, -0.2) is 18.2 Å². The number of rotatable bonds is 4. The van der Waals surface area contributed by atoms with Gasteiger partial charge in [-0.1, -0.05) is 42.1 Å². The van der Waals surface area contributed by atoms with E-state index < -0.39 is 17.3 Å². The Morgan fingerprint density at radius 2 is 1.74 bits per heavy atom. The molecule has 1 aliphatic heterocycles. The molecule has 0 unspecified atom stereocenters. The number of halogens is 3. The van der Waals surface area contributed by atoms with E-state index in [1.54, 1.807) is 24.3 Å². The number of hydrogen-bond donors (Lipinski definition) is 0. The van der Waals surface area contributed by atoms with Gasteiger partial charge in [-0.25, -0.2) is 4.98 Å². The van der Waals surface area contributed by atoms with E-state index in [1.807, 2.05) is 37.3 Å². The average molecular weight is 442 g/mol. The SMILES string of the molecule is C[C@@H](Sc1nc(-c2ccc3c(c2)OCCO3)cc(C(F)(F)F)c1C#N)c1ccccc1. The fourth-order valence-electron chi connectivity index (χ4n) is 3.25. The standard InChI is InChI=1S/C23H17F3N2O2S/c1-14(15-5-3-2-4-6-15)31-22-17(13-27)18(23(24,25)26)12-19(28-22)16-7-8-20-21(11-16)30-10-9-29-20/h2-8,11-12,14H,9-10H2,1H3/t14-/m1/s1. The van der Waals surface area contributed by atoms with Crippen LogP contribution in [0.1, 0.15) is 28.9 Å². The zero-order chi connectivity index (χ0) is 22.0. The summed E-state index contributed by atoms with van der Waals surface area (Å²) >= 11 is 1.13. The molecule has 1 aliphatic rings. The van der Waals surface area contributed by atoms with Crippen molar-refractivity contribution in [2.45, 2.75) is 23.4 Å². The van der Waals surface area contributed by atoms with Crippen molar-refractivity contribution in [1.29, 1.82) is 5.26 Å². The average Bonchev–Trinajstić information content (AvgIpc) is 2.78. The molecule has 31 heavy (non-hydrogen) atoms. The van der Waals surface area contributed by atoms with Crippen molar-refractivity contribution in [3.63, 3.8) is 0 Å². The molecule has 0 aliphatic carbocycles. The molecule has 0 spiro atoms. The Kier molecular flexibility index (Phi) is 5.79. The van der Waals surface area contributed by atoms with Gasteiger partial charge < -0.3 is 9.47 Å². The zero-order valence-corrected chi connectivity index (χ0v) is 17.3. The number of alkyl halides is 3. The van der Waals surface area contributed by atoms with E-state index >= 15 is 0 Å². The number of benzene rings is 2. The maximum atomic E-state index is 13.8. The first-order valence-corrected chi connectivity index (χ1v) is 10.4. The lowest BCUT2D eigenvalue weighted by molar-refractivity contribution is -0.138. The second-order valence-electron chi connectivity index (χ2n) is 6.87. The van der Waals surface area contributed by atoms with E-state index in [-0.39, 0.29) is 16.0 Å². The molecule has 0 bridgehead atoms. The van der Waals surface area contributed by atoms with Gasteiger partial charge in [-0.05, 0) is 36.8 Å². The summed E-state index contributed by atoms with van der Waals surface area (Å²) in [7, 11) is 0. The number of hydrogen-bond acceptors (Lipinski definition) is 5.